The molecule has 0 aromatic carbocycles. The first kappa shape index (κ1) is 11.6. The number of nitrogens with zero attached hydrogens (tertiary/aromatic N) is 3. The summed E-state index contributed by atoms with van der Waals surface area (Å²) in [5.41, 5.74) is -0.460. The number of ether oxygens (including phenoxy) is 1. The van der Waals surface area contributed by atoms with E-state index < -0.39 is 5.60 Å². The molecule has 0 radical (unpaired) electrons. The second-order valence-electron chi connectivity index (χ2n) is 3.26. The van der Waals surface area contributed by atoms with Gasteiger partial charge < -0.3 is 9.84 Å². The Labute approximate surface area is 91.2 Å². The second kappa shape index (κ2) is 4.37. The van der Waals surface area contributed by atoms with E-state index in [-0.39, 0.29) is 6.61 Å². The van der Waals surface area contributed by atoms with Crippen LogP contribution in [0.4, 0.5) is 0 Å². The van der Waals surface area contributed by atoms with E-state index in [1.807, 2.05) is 6.92 Å². The summed E-state index contributed by atoms with van der Waals surface area (Å²) in [4.78, 5) is 0. The van der Waals surface area contributed by atoms with E-state index in [0.29, 0.717) is 16.9 Å². The molecule has 0 saturated heterocycles. The minimum absolute atomic E-state index is 0.226. The minimum atomic E-state index is -1.08. The lowest BCUT2D eigenvalue weighted by molar-refractivity contribution is -0.0400. The third-order valence-corrected chi connectivity index (χ3v) is 2.42. The summed E-state index contributed by atoms with van der Waals surface area (Å²) < 4.78 is 7.27. The van der Waals surface area contributed by atoms with Gasteiger partial charge in [-0.1, -0.05) is 5.21 Å². The molecule has 5 nitrogen and oxygen atoms in total. The van der Waals surface area contributed by atoms with Crippen LogP contribution < -0.4 is 0 Å². The fourth-order valence-corrected chi connectivity index (χ4v) is 2.03. The predicted molar refractivity (Wildman–Crippen MR) is 54.8 cm³/mol. The fourth-order valence-electron chi connectivity index (χ4n) is 1.27. The summed E-state index contributed by atoms with van der Waals surface area (Å²) >= 11 is 3.23. The van der Waals surface area contributed by atoms with Crippen LogP contribution in [0, 0.1) is 0 Å². The van der Waals surface area contributed by atoms with Crippen LogP contribution in [-0.4, -0.2) is 33.3 Å². The first-order chi connectivity index (χ1) is 6.49. The molecule has 0 spiro atoms. The van der Waals surface area contributed by atoms with Crippen molar-refractivity contribution in [1.29, 1.82) is 0 Å². The van der Waals surface area contributed by atoms with Crippen molar-refractivity contribution in [2.45, 2.75) is 19.4 Å². The molecule has 0 aliphatic carbocycles. The third-order valence-electron chi connectivity index (χ3n) is 1.88. The van der Waals surface area contributed by atoms with E-state index in [2.05, 4.69) is 26.2 Å². The molecule has 0 aliphatic heterocycles. The van der Waals surface area contributed by atoms with E-state index in [0.717, 1.165) is 0 Å². The Morgan fingerprint density at radius 2 is 2.29 bits per heavy atom. The van der Waals surface area contributed by atoms with Gasteiger partial charge in [0.2, 0.25) is 0 Å². The molecule has 0 bridgehead atoms. The van der Waals surface area contributed by atoms with Gasteiger partial charge >= 0.3 is 0 Å². The molecular formula is C8H14BrN3O2. The number of aryl methyl sites for hydroxylation is 1. The Hall–Kier alpha value is -0.460. The molecule has 1 aromatic heterocycles. The van der Waals surface area contributed by atoms with Crippen molar-refractivity contribution in [1.82, 2.24) is 15.0 Å². The summed E-state index contributed by atoms with van der Waals surface area (Å²) in [7, 11) is 1.73. The summed E-state index contributed by atoms with van der Waals surface area (Å²) in [5, 5.41) is 17.7. The number of aromatic nitrogens is 3. The average molecular weight is 264 g/mol. The number of hydrogen-bond acceptors (Lipinski definition) is 4. The largest absolute Gasteiger partial charge is 0.381 e. The molecule has 6 heteroatoms. The zero-order chi connectivity index (χ0) is 10.8. The Kier molecular flexibility index (Phi) is 3.63. The van der Waals surface area contributed by atoms with Gasteiger partial charge in [0.25, 0.3) is 0 Å². The molecular weight excluding hydrogens is 250 g/mol. The van der Waals surface area contributed by atoms with Crippen LogP contribution in [-0.2, 0) is 17.4 Å². The Morgan fingerprint density at radius 3 is 2.71 bits per heavy atom. The van der Waals surface area contributed by atoms with Gasteiger partial charge in [-0.05, 0) is 29.8 Å². The molecule has 0 saturated carbocycles. The lowest BCUT2D eigenvalue weighted by Gasteiger charge is -2.22. The highest BCUT2D eigenvalue weighted by atomic mass is 79.9. The van der Waals surface area contributed by atoms with Crippen LogP contribution in [0.25, 0.3) is 0 Å². The lowest BCUT2D eigenvalue weighted by Crippen LogP contribution is -2.30. The van der Waals surface area contributed by atoms with Gasteiger partial charge in [-0.2, -0.15) is 0 Å². The van der Waals surface area contributed by atoms with Gasteiger partial charge in [0.05, 0.1) is 6.61 Å². The molecule has 1 atom stereocenters. The van der Waals surface area contributed by atoms with Crippen molar-refractivity contribution >= 4 is 15.9 Å². The minimum Gasteiger partial charge on any atom is -0.381 e. The van der Waals surface area contributed by atoms with Gasteiger partial charge in [-0.25, -0.2) is 4.68 Å². The molecule has 0 fully saturated rings. The SMILES string of the molecule is CCOCC(C)(O)c1c(Br)nnn1C. The summed E-state index contributed by atoms with van der Waals surface area (Å²) in [6, 6.07) is 0. The lowest BCUT2D eigenvalue weighted by atomic mass is 10.1. The van der Waals surface area contributed by atoms with Gasteiger partial charge in [0, 0.05) is 13.7 Å². The van der Waals surface area contributed by atoms with Gasteiger partial charge in [0.15, 0.2) is 4.60 Å². The molecule has 0 amide bonds. The van der Waals surface area contributed by atoms with Crippen LogP contribution in [0.3, 0.4) is 0 Å². The Bertz CT molecular complexity index is 292. The zero-order valence-electron chi connectivity index (χ0n) is 8.49. The van der Waals surface area contributed by atoms with E-state index in [4.69, 9.17) is 4.74 Å². The van der Waals surface area contributed by atoms with Crippen LogP contribution in [0.2, 0.25) is 0 Å². The summed E-state index contributed by atoms with van der Waals surface area (Å²) in [6.07, 6.45) is 0. The molecule has 1 aromatic rings. The molecule has 80 valence electrons. The molecule has 14 heavy (non-hydrogen) atoms. The first-order valence-electron chi connectivity index (χ1n) is 4.35. The van der Waals surface area contributed by atoms with Crippen LogP contribution in [0.1, 0.15) is 19.5 Å². The highest BCUT2D eigenvalue weighted by molar-refractivity contribution is 9.10. The van der Waals surface area contributed by atoms with Gasteiger partial charge in [0.1, 0.15) is 11.3 Å². The smallest absolute Gasteiger partial charge is 0.154 e. The summed E-state index contributed by atoms with van der Waals surface area (Å²) in [5.74, 6) is 0. The van der Waals surface area contributed by atoms with Crippen LogP contribution >= 0.6 is 15.9 Å². The topological polar surface area (TPSA) is 60.2 Å². The predicted octanol–water partition coefficient (Wildman–Crippen LogP) is 0.822. The normalized spacial score (nSPS) is 15.5. The maximum Gasteiger partial charge on any atom is 0.154 e. The van der Waals surface area contributed by atoms with Crippen molar-refractivity contribution in [3.05, 3.63) is 10.3 Å². The van der Waals surface area contributed by atoms with Crippen molar-refractivity contribution in [3.8, 4) is 0 Å². The fraction of sp³-hybridized carbons (Fsp3) is 0.750. The Balaban J connectivity index is 2.90. The maximum absolute atomic E-state index is 10.1. The number of halogens is 1. The summed E-state index contributed by atoms with van der Waals surface area (Å²) in [6.45, 7) is 4.35. The monoisotopic (exact) mass is 263 g/mol. The second-order valence-corrected chi connectivity index (χ2v) is 4.01. The molecule has 1 heterocycles. The molecule has 1 unspecified atom stereocenters. The number of hydrogen-bond donors (Lipinski definition) is 1. The van der Waals surface area contributed by atoms with Gasteiger partial charge in [-0.15, -0.1) is 5.10 Å². The Morgan fingerprint density at radius 1 is 1.64 bits per heavy atom. The highest BCUT2D eigenvalue weighted by Gasteiger charge is 2.30. The highest BCUT2D eigenvalue weighted by Crippen LogP contribution is 2.26. The zero-order valence-corrected chi connectivity index (χ0v) is 10.1. The van der Waals surface area contributed by atoms with Gasteiger partial charge in [-0.3, -0.25) is 0 Å². The molecule has 1 rings (SSSR count). The first-order valence-corrected chi connectivity index (χ1v) is 5.14. The van der Waals surface area contributed by atoms with Crippen molar-refractivity contribution < 1.29 is 9.84 Å². The van der Waals surface area contributed by atoms with Crippen LogP contribution in [0.5, 0.6) is 0 Å². The molecule has 1 N–H and O–H groups in total. The average Bonchev–Trinajstić information content (AvgIpc) is 2.43. The molecule has 0 aliphatic rings. The number of rotatable bonds is 4. The quantitative estimate of drug-likeness (QED) is 0.874. The van der Waals surface area contributed by atoms with E-state index in [1.165, 1.54) is 4.68 Å². The van der Waals surface area contributed by atoms with Crippen molar-refractivity contribution in [3.63, 3.8) is 0 Å². The number of aliphatic hydroxyl groups is 1. The maximum atomic E-state index is 10.1. The third kappa shape index (κ3) is 2.31. The van der Waals surface area contributed by atoms with E-state index in [1.54, 1.807) is 14.0 Å². The van der Waals surface area contributed by atoms with Crippen molar-refractivity contribution in [2.75, 3.05) is 13.2 Å². The standard InChI is InChI=1S/C8H14BrN3O2/c1-4-14-5-8(2,13)6-7(9)10-11-12(6)3/h13H,4-5H2,1-3H3. The van der Waals surface area contributed by atoms with Crippen LogP contribution in [0.15, 0.2) is 4.60 Å². The van der Waals surface area contributed by atoms with Crippen molar-refractivity contribution in [2.24, 2.45) is 7.05 Å². The van der Waals surface area contributed by atoms with E-state index >= 15 is 0 Å². The van der Waals surface area contributed by atoms with E-state index in [9.17, 15) is 5.11 Å².